The predicted octanol–water partition coefficient (Wildman–Crippen LogP) is 6.02. The van der Waals surface area contributed by atoms with Crippen molar-refractivity contribution >= 4 is 29.2 Å². The van der Waals surface area contributed by atoms with Crippen molar-refractivity contribution in [3.8, 4) is 22.7 Å². The molecule has 3 aromatic carbocycles. The van der Waals surface area contributed by atoms with E-state index >= 15 is 0 Å². The number of nitrogens with zero attached hydrogens (tertiary/aromatic N) is 1. The second-order valence-electron chi connectivity index (χ2n) is 7.28. The third-order valence-corrected chi connectivity index (χ3v) is 5.26. The summed E-state index contributed by atoms with van der Waals surface area (Å²) in [6.45, 7) is 0. The third-order valence-electron chi connectivity index (χ3n) is 5.00. The zero-order valence-electron chi connectivity index (χ0n) is 17.9. The number of rotatable bonds is 7. The van der Waals surface area contributed by atoms with Crippen LogP contribution in [0.15, 0.2) is 83.3 Å². The van der Waals surface area contributed by atoms with E-state index in [9.17, 15) is 9.59 Å². The molecule has 6 nitrogen and oxygen atoms in total. The number of amides is 1. The van der Waals surface area contributed by atoms with Gasteiger partial charge in [0.25, 0.3) is 0 Å². The molecule has 0 aliphatic carbocycles. The fourth-order valence-corrected chi connectivity index (χ4v) is 3.44. The van der Waals surface area contributed by atoms with Crippen LogP contribution in [0.2, 0.25) is 5.02 Å². The summed E-state index contributed by atoms with van der Waals surface area (Å²) in [6, 6.07) is 23.5. The van der Waals surface area contributed by atoms with E-state index in [0.29, 0.717) is 40.0 Å². The highest BCUT2D eigenvalue weighted by Crippen LogP contribution is 2.30. The van der Waals surface area contributed by atoms with Crippen molar-refractivity contribution in [2.45, 2.75) is 12.8 Å². The molecule has 0 atom stereocenters. The van der Waals surface area contributed by atoms with E-state index in [-0.39, 0.29) is 12.3 Å². The molecule has 33 heavy (non-hydrogen) atoms. The van der Waals surface area contributed by atoms with Crippen LogP contribution in [0.25, 0.3) is 22.7 Å². The number of ether oxygens (including phenoxy) is 1. The molecule has 4 rings (SSSR count). The lowest BCUT2D eigenvalue weighted by Gasteiger charge is -2.06. The first kappa shape index (κ1) is 22.3. The van der Waals surface area contributed by atoms with E-state index in [1.807, 2.05) is 42.5 Å². The summed E-state index contributed by atoms with van der Waals surface area (Å²) < 4.78 is 10.7. The third kappa shape index (κ3) is 5.48. The lowest BCUT2D eigenvalue weighted by molar-refractivity contribution is -0.116. The number of anilines is 1. The second-order valence-corrected chi connectivity index (χ2v) is 7.72. The van der Waals surface area contributed by atoms with Crippen LogP contribution in [-0.2, 0) is 16.0 Å². The predicted molar refractivity (Wildman–Crippen MR) is 127 cm³/mol. The second kappa shape index (κ2) is 10.1. The van der Waals surface area contributed by atoms with Gasteiger partial charge in [0.2, 0.25) is 11.8 Å². The summed E-state index contributed by atoms with van der Waals surface area (Å²) in [5, 5.41) is 3.46. The van der Waals surface area contributed by atoms with Crippen LogP contribution in [0.3, 0.4) is 0 Å². The normalized spacial score (nSPS) is 10.6. The molecule has 0 spiro atoms. The molecule has 0 saturated carbocycles. The Hall–Kier alpha value is -3.90. The van der Waals surface area contributed by atoms with Crippen LogP contribution < -0.4 is 5.32 Å². The SMILES string of the molecule is COC(=O)c1ccc(NC(=O)CCc2oc(-c3ccccc3)nc2-c2ccc(Cl)cc2)cc1. The fraction of sp³-hybridized carbons (Fsp3) is 0.115. The maximum Gasteiger partial charge on any atom is 0.337 e. The van der Waals surface area contributed by atoms with Gasteiger partial charge in [-0.25, -0.2) is 9.78 Å². The molecule has 0 radical (unpaired) electrons. The van der Waals surface area contributed by atoms with E-state index < -0.39 is 5.97 Å². The summed E-state index contributed by atoms with van der Waals surface area (Å²) in [7, 11) is 1.32. The number of nitrogens with one attached hydrogen (secondary N) is 1. The molecule has 1 amide bonds. The molecular formula is C26H21ClN2O4. The van der Waals surface area contributed by atoms with E-state index in [0.717, 1.165) is 11.1 Å². The average Bonchev–Trinajstić information content (AvgIpc) is 3.28. The van der Waals surface area contributed by atoms with Crippen LogP contribution in [-0.4, -0.2) is 24.0 Å². The molecule has 0 bridgehead atoms. The maximum atomic E-state index is 12.5. The van der Waals surface area contributed by atoms with Gasteiger partial charge in [0, 0.05) is 34.7 Å². The standard InChI is InChI=1S/C26H21ClN2O4/c1-32-26(31)19-9-13-21(14-10-19)28-23(30)16-15-22-24(17-7-11-20(27)12-8-17)29-25(33-22)18-5-3-2-4-6-18/h2-14H,15-16H2,1H3,(H,28,30). The minimum absolute atomic E-state index is 0.180. The molecule has 166 valence electrons. The Morgan fingerprint density at radius 2 is 1.64 bits per heavy atom. The van der Waals surface area contributed by atoms with Gasteiger partial charge in [-0.15, -0.1) is 0 Å². The Kier molecular flexibility index (Phi) is 6.86. The Balaban J connectivity index is 1.50. The smallest absolute Gasteiger partial charge is 0.337 e. The van der Waals surface area contributed by atoms with Gasteiger partial charge in [0.05, 0.1) is 12.7 Å². The Morgan fingerprint density at radius 1 is 0.939 bits per heavy atom. The number of methoxy groups -OCH3 is 1. The number of oxazole rings is 1. The number of halogens is 1. The largest absolute Gasteiger partial charge is 0.465 e. The first-order valence-electron chi connectivity index (χ1n) is 10.3. The molecule has 0 aliphatic heterocycles. The topological polar surface area (TPSA) is 81.4 Å². The lowest BCUT2D eigenvalue weighted by atomic mass is 10.1. The van der Waals surface area contributed by atoms with Crippen molar-refractivity contribution in [3.05, 3.63) is 95.2 Å². The molecule has 0 saturated heterocycles. The van der Waals surface area contributed by atoms with Gasteiger partial charge < -0.3 is 14.5 Å². The number of aromatic nitrogens is 1. The van der Waals surface area contributed by atoms with Crippen LogP contribution in [0, 0.1) is 0 Å². The maximum absolute atomic E-state index is 12.5. The zero-order chi connectivity index (χ0) is 23.2. The van der Waals surface area contributed by atoms with E-state index in [4.69, 9.17) is 21.0 Å². The Morgan fingerprint density at radius 3 is 2.30 bits per heavy atom. The Labute approximate surface area is 196 Å². The van der Waals surface area contributed by atoms with Gasteiger partial charge in [-0.05, 0) is 48.5 Å². The highest BCUT2D eigenvalue weighted by molar-refractivity contribution is 6.30. The minimum atomic E-state index is -0.429. The van der Waals surface area contributed by atoms with Crippen molar-refractivity contribution in [2.24, 2.45) is 0 Å². The number of hydrogen-bond donors (Lipinski definition) is 1. The van der Waals surface area contributed by atoms with Gasteiger partial charge in [-0.2, -0.15) is 0 Å². The monoisotopic (exact) mass is 460 g/mol. The number of carbonyl (C=O) groups excluding carboxylic acids is 2. The number of hydrogen-bond acceptors (Lipinski definition) is 5. The highest BCUT2D eigenvalue weighted by Gasteiger charge is 2.18. The van der Waals surface area contributed by atoms with Gasteiger partial charge in [0.1, 0.15) is 11.5 Å². The van der Waals surface area contributed by atoms with Gasteiger partial charge in [0.15, 0.2) is 0 Å². The molecule has 1 aromatic heterocycles. The summed E-state index contributed by atoms with van der Waals surface area (Å²) in [6.07, 6.45) is 0.562. The molecule has 4 aromatic rings. The van der Waals surface area contributed by atoms with Crippen LogP contribution >= 0.6 is 11.6 Å². The quantitative estimate of drug-likeness (QED) is 0.341. The summed E-state index contributed by atoms with van der Waals surface area (Å²) in [5.74, 6) is 0.504. The molecule has 1 heterocycles. The molecular weight excluding hydrogens is 440 g/mol. The molecule has 7 heteroatoms. The highest BCUT2D eigenvalue weighted by atomic mass is 35.5. The van der Waals surface area contributed by atoms with Crippen LogP contribution in [0.5, 0.6) is 0 Å². The van der Waals surface area contributed by atoms with Crippen LogP contribution in [0.4, 0.5) is 5.69 Å². The number of benzene rings is 3. The van der Waals surface area contributed by atoms with Crippen molar-refractivity contribution in [2.75, 3.05) is 12.4 Å². The van der Waals surface area contributed by atoms with E-state index in [1.54, 1.807) is 36.4 Å². The van der Waals surface area contributed by atoms with Gasteiger partial charge in [-0.1, -0.05) is 41.9 Å². The average molecular weight is 461 g/mol. The first-order valence-corrected chi connectivity index (χ1v) is 10.7. The van der Waals surface area contributed by atoms with Gasteiger partial charge >= 0.3 is 5.97 Å². The van der Waals surface area contributed by atoms with Crippen molar-refractivity contribution in [1.82, 2.24) is 4.98 Å². The molecule has 1 N–H and O–H groups in total. The summed E-state index contributed by atoms with van der Waals surface area (Å²) in [5.41, 5.74) is 3.40. The van der Waals surface area contributed by atoms with Gasteiger partial charge in [-0.3, -0.25) is 4.79 Å². The number of esters is 1. The fourth-order valence-electron chi connectivity index (χ4n) is 3.32. The first-order chi connectivity index (χ1) is 16.0. The van der Waals surface area contributed by atoms with E-state index in [2.05, 4.69) is 10.1 Å². The number of carbonyl (C=O) groups is 2. The Bertz CT molecular complexity index is 1250. The minimum Gasteiger partial charge on any atom is -0.465 e. The summed E-state index contributed by atoms with van der Waals surface area (Å²) >= 11 is 6.03. The summed E-state index contributed by atoms with van der Waals surface area (Å²) in [4.78, 5) is 28.8. The molecule has 0 fully saturated rings. The van der Waals surface area contributed by atoms with Crippen molar-refractivity contribution < 1.29 is 18.7 Å². The van der Waals surface area contributed by atoms with Crippen LogP contribution in [0.1, 0.15) is 22.5 Å². The van der Waals surface area contributed by atoms with Crippen molar-refractivity contribution in [3.63, 3.8) is 0 Å². The lowest BCUT2D eigenvalue weighted by Crippen LogP contribution is -2.12. The molecule has 0 aliphatic rings. The number of aryl methyl sites for hydroxylation is 1. The molecule has 0 unspecified atom stereocenters. The zero-order valence-corrected chi connectivity index (χ0v) is 18.6. The van der Waals surface area contributed by atoms with E-state index in [1.165, 1.54) is 7.11 Å². The van der Waals surface area contributed by atoms with Crippen molar-refractivity contribution in [1.29, 1.82) is 0 Å².